The highest BCUT2D eigenvalue weighted by Crippen LogP contribution is 2.30. The van der Waals surface area contributed by atoms with Crippen molar-refractivity contribution in [1.82, 2.24) is 0 Å². The predicted octanol–water partition coefficient (Wildman–Crippen LogP) is 3.95. The normalized spacial score (nSPS) is 11.6. The molecule has 0 heterocycles. The number of anilines is 1. The molecule has 150 valence electrons. The van der Waals surface area contributed by atoms with Crippen LogP contribution in [0.25, 0.3) is 6.08 Å². The van der Waals surface area contributed by atoms with E-state index in [-0.39, 0.29) is 23.0 Å². The largest absolute Gasteiger partial charge is 0.493 e. The summed E-state index contributed by atoms with van der Waals surface area (Å²) in [5.41, 5.74) is 1.16. The lowest BCUT2D eigenvalue weighted by Crippen LogP contribution is -2.14. The number of ketones is 1. The highest BCUT2D eigenvalue weighted by atomic mass is 32.2. The first-order chi connectivity index (χ1) is 13.2. The van der Waals surface area contributed by atoms with Gasteiger partial charge >= 0.3 is 6.61 Å². The summed E-state index contributed by atoms with van der Waals surface area (Å²) in [6.45, 7) is -1.49. The number of ether oxygens (including phenoxy) is 2. The Balaban J connectivity index is 2.13. The minimum Gasteiger partial charge on any atom is -0.493 e. The zero-order valence-electron chi connectivity index (χ0n) is 15.2. The van der Waals surface area contributed by atoms with Gasteiger partial charge in [0.25, 0.3) is 0 Å². The Morgan fingerprint density at radius 2 is 1.82 bits per heavy atom. The maximum absolute atomic E-state index is 12.5. The number of sulfonamides is 1. The van der Waals surface area contributed by atoms with Crippen molar-refractivity contribution in [2.45, 2.75) is 13.5 Å². The average Bonchev–Trinajstić information content (AvgIpc) is 2.66. The lowest BCUT2D eigenvalue weighted by atomic mass is 10.1. The summed E-state index contributed by atoms with van der Waals surface area (Å²) in [5.74, 6) is -0.388. The number of halogens is 2. The fourth-order valence-electron chi connectivity index (χ4n) is 2.21. The van der Waals surface area contributed by atoms with Crippen LogP contribution in [-0.2, 0) is 10.0 Å². The Labute approximate surface area is 161 Å². The molecule has 0 saturated carbocycles. The second kappa shape index (κ2) is 9.32. The van der Waals surface area contributed by atoms with E-state index in [4.69, 9.17) is 4.74 Å². The number of benzene rings is 2. The van der Waals surface area contributed by atoms with Gasteiger partial charge in [0.15, 0.2) is 17.3 Å². The molecule has 2 rings (SSSR count). The number of alkyl halides is 2. The molecule has 1 N–H and O–H groups in total. The van der Waals surface area contributed by atoms with Crippen LogP contribution in [0.5, 0.6) is 11.5 Å². The Bertz CT molecular complexity index is 957. The number of allylic oxidation sites excluding steroid dienone is 1. The maximum atomic E-state index is 12.5. The van der Waals surface area contributed by atoms with Gasteiger partial charge in [-0.05, 0) is 55.0 Å². The number of carbonyl (C=O) groups excluding carboxylic acids is 1. The number of rotatable bonds is 9. The van der Waals surface area contributed by atoms with Gasteiger partial charge in [-0.2, -0.15) is 8.78 Å². The number of hydrogen-bond donors (Lipinski definition) is 1. The molecular weight excluding hydrogens is 392 g/mol. The molecule has 0 aliphatic carbocycles. The quantitative estimate of drug-likeness (QED) is 0.499. The van der Waals surface area contributed by atoms with Crippen LogP contribution in [0.1, 0.15) is 22.8 Å². The summed E-state index contributed by atoms with van der Waals surface area (Å²) >= 11 is 0. The van der Waals surface area contributed by atoms with Crippen LogP contribution in [0.15, 0.2) is 48.5 Å². The summed E-state index contributed by atoms with van der Waals surface area (Å²) in [6.07, 6.45) is 2.73. The van der Waals surface area contributed by atoms with Crippen molar-refractivity contribution in [2.75, 3.05) is 17.6 Å². The first-order valence-corrected chi connectivity index (χ1v) is 9.85. The van der Waals surface area contributed by atoms with E-state index in [1.165, 1.54) is 62.6 Å². The van der Waals surface area contributed by atoms with Crippen molar-refractivity contribution in [3.63, 3.8) is 0 Å². The second-order valence-electron chi connectivity index (χ2n) is 5.57. The third-order valence-electron chi connectivity index (χ3n) is 3.65. The van der Waals surface area contributed by atoms with Crippen molar-refractivity contribution in [3.05, 3.63) is 59.7 Å². The SMILES string of the molecule is CCS(=O)(=O)Nc1ccc(C(=O)/C=C/c2ccc(OC)c(OC(F)F)c2)cc1. The van der Waals surface area contributed by atoms with E-state index in [0.29, 0.717) is 16.8 Å². The summed E-state index contributed by atoms with van der Waals surface area (Å²) < 4.78 is 59.7. The molecule has 0 aromatic heterocycles. The highest BCUT2D eigenvalue weighted by molar-refractivity contribution is 7.92. The first-order valence-electron chi connectivity index (χ1n) is 8.20. The fourth-order valence-corrected chi connectivity index (χ4v) is 2.85. The molecule has 0 radical (unpaired) electrons. The summed E-state index contributed by atoms with van der Waals surface area (Å²) in [6, 6.07) is 10.3. The number of hydrogen-bond acceptors (Lipinski definition) is 5. The van der Waals surface area contributed by atoms with Crippen molar-refractivity contribution in [1.29, 1.82) is 0 Å². The molecule has 0 amide bonds. The van der Waals surface area contributed by atoms with Crippen LogP contribution >= 0.6 is 0 Å². The predicted molar refractivity (Wildman–Crippen MR) is 103 cm³/mol. The Morgan fingerprint density at radius 1 is 1.14 bits per heavy atom. The Kier molecular flexibility index (Phi) is 7.11. The van der Waals surface area contributed by atoms with Gasteiger partial charge in [-0.1, -0.05) is 12.1 Å². The molecule has 0 atom stereocenters. The molecule has 2 aromatic carbocycles. The zero-order chi connectivity index (χ0) is 20.7. The maximum Gasteiger partial charge on any atom is 0.387 e. The van der Waals surface area contributed by atoms with Gasteiger partial charge in [-0.3, -0.25) is 9.52 Å². The van der Waals surface area contributed by atoms with E-state index < -0.39 is 16.6 Å². The molecule has 0 spiro atoms. The highest BCUT2D eigenvalue weighted by Gasteiger charge is 2.11. The molecule has 6 nitrogen and oxygen atoms in total. The fraction of sp³-hybridized carbons (Fsp3) is 0.211. The zero-order valence-corrected chi connectivity index (χ0v) is 16.0. The van der Waals surface area contributed by atoms with E-state index in [1.807, 2.05) is 0 Å². The van der Waals surface area contributed by atoms with E-state index >= 15 is 0 Å². The molecule has 0 aliphatic heterocycles. The van der Waals surface area contributed by atoms with Crippen LogP contribution in [0.2, 0.25) is 0 Å². The van der Waals surface area contributed by atoms with Crippen molar-refractivity contribution in [3.8, 4) is 11.5 Å². The van der Waals surface area contributed by atoms with Gasteiger partial charge in [-0.25, -0.2) is 8.42 Å². The van der Waals surface area contributed by atoms with Gasteiger partial charge in [0, 0.05) is 11.3 Å². The van der Waals surface area contributed by atoms with Crippen molar-refractivity contribution in [2.24, 2.45) is 0 Å². The van der Waals surface area contributed by atoms with E-state index in [1.54, 1.807) is 6.07 Å². The number of methoxy groups -OCH3 is 1. The monoisotopic (exact) mass is 411 g/mol. The molecule has 0 saturated heterocycles. The van der Waals surface area contributed by atoms with Crippen LogP contribution in [0.3, 0.4) is 0 Å². The van der Waals surface area contributed by atoms with Gasteiger partial charge in [0.1, 0.15) is 0 Å². The topological polar surface area (TPSA) is 81.7 Å². The van der Waals surface area contributed by atoms with E-state index in [9.17, 15) is 22.0 Å². The lowest BCUT2D eigenvalue weighted by molar-refractivity contribution is -0.0512. The summed E-state index contributed by atoms with van der Waals surface area (Å²) in [4.78, 5) is 12.3. The smallest absolute Gasteiger partial charge is 0.387 e. The van der Waals surface area contributed by atoms with Crippen LogP contribution in [0, 0.1) is 0 Å². The van der Waals surface area contributed by atoms with Gasteiger partial charge in [0.05, 0.1) is 12.9 Å². The third-order valence-corrected chi connectivity index (χ3v) is 4.96. The van der Waals surface area contributed by atoms with Crippen LogP contribution < -0.4 is 14.2 Å². The molecule has 28 heavy (non-hydrogen) atoms. The second-order valence-corrected chi connectivity index (χ2v) is 7.58. The van der Waals surface area contributed by atoms with Crippen molar-refractivity contribution >= 4 is 27.6 Å². The molecule has 0 bridgehead atoms. The van der Waals surface area contributed by atoms with E-state index in [0.717, 1.165) is 0 Å². The Morgan fingerprint density at radius 3 is 2.39 bits per heavy atom. The molecule has 0 unspecified atom stereocenters. The minimum atomic E-state index is -3.39. The van der Waals surface area contributed by atoms with Gasteiger partial charge in [0.2, 0.25) is 10.0 Å². The molecule has 0 fully saturated rings. The first kappa shape index (κ1) is 21.4. The van der Waals surface area contributed by atoms with Gasteiger partial charge < -0.3 is 9.47 Å². The van der Waals surface area contributed by atoms with E-state index in [2.05, 4.69) is 9.46 Å². The number of carbonyl (C=O) groups is 1. The Hall–Kier alpha value is -2.94. The van der Waals surface area contributed by atoms with Crippen molar-refractivity contribution < 1.29 is 31.5 Å². The average molecular weight is 411 g/mol. The van der Waals surface area contributed by atoms with Gasteiger partial charge in [-0.15, -0.1) is 0 Å². The minimum absolute atomic E-state index is 0.0600. The van der Waals surface area contributed by atoms with Crippen LogP contribution in [-0.4, -0.2) is 33.7 Å². The standard InChI is InChI=1S/C19H19F2NO5S/c1-3-28(24,25)22-15-8-6-14(7-9-15)16(23)10-4-13-5-11-17(26-2)18(12-13)27-19(20)21/h4-12,19,22H,3H2,1-2H3/b10-4+. The van der Waals surface area contributed by atoms with Crippen LogP contribution in [0.4, 0.5) is 14.5 Å². The number of nitrogens with one attached hydrogen (secondary N) is 1. The molecule has 0 aliphatic rings. The summed E-state index contributed by atoms with van der Waals surface area (Å²) in [7, 11) is -2.06. The molecule has 2 aromatic rings. The molecule has 9 heteroatoms. The lowest BCUT2D eigenvalue weighted by Gasteiger charge is -2.10. The third kappa shape index (κ3) is 6.05. The summed E-state index contributed by atoms with van der Waals surface area (Å²) in [5, 5.41) is 0. The molecular formula is C19H19F2NO5S.